The van der Waals surface area contributed by atoms with Crippen LogP contribution in [0.5, 0.6) is 0 Å². The molecule has 0 aromatic carbocycles. The second kappa shape index (κ2) is 1.96. The zero-order chi connectivity index (χ0) is 10.6. The molecular formula is C15H22. The summed E-state index contributed by atoms with van der Waals surface area (Å²) in [6.07, 6.45) is 7.20. The lowest BCUT2D eigenvalue weighted by molar-refractivity contribution is 0.184. The first-order valence-corrected chi connectivity index (χ1v) is 6.63. The van der Waals surface area contributed by atoms with Crippen LogP contribution in [0.3, 0.4) is 0 Å². The van der Waals surface area contributed by atoms with Gasteiger partial charge in [0.2, 0.25) is 0 Å². The van der Waals surface area contributed by atoms with Crippen LogP contribution in [0.1, 0.15) is 47.0 Å². The molecule has 2 bridgehead atoms. The maximum atomic E-state index is 2.66. The average molecular weight is 202 g/mol. The van der Waals surface area contributed by atoms with Gasteiger partial charge in [-0.2, -0.15) is 0 Å². The van der Waals surface area contributed by atoms with E-state index in [1.807, 2.05) is 0 Å². The van der Waals surface area contributed by atoms with Crippen molar-refractivity contribution in [2.24, 2.45) is 34.0 Å². The van der Waals surface area contributed by atoms with Crippen LogP contribution in [-0.4, -0.2) is 0 Å². The Balaban J connectivity index is 1.96. The Morgan fingerprint density at radius 3 is 2.73 bits per heavy atom. The normalized spacial score (nSPS) is 62.7. The van der Waals surface area contributed by atoms with Crippen LogP contribution >= 0.6 is 0 Å². The first kappa shape index (κ1) is 8.84. The Bertz CT molecular complexity index is 389. The summed E-state index contributed by atoms with van der Waals surface area (Å²) in [4.78, 5) is 0. The highest BCUT2D eigenvalue weighted by Gasteiger charge is 2.84. The molecule has 0 aromatic rings. The van der Waals surface area contributed by atoms with Crippen LogP contribution in [0.25, 0.3) is 0 Å². The monoisotopic (exact) mass is 202 g/mol. The van der Waals surface area contributed by atoms with Gasteiger partial charge in [0.1, 0.15) is 0 Å². The van der Waals surface area contributed by atoms with E-state index in [0.717, 1.165) is 23.2 Å². The van der Waals surface area contributed by atoms with E-state index in [0.29, 0.717) is 10.8 Å². The molecule has 0 radical (unpaired) electrons. The molecular weight excluding hydrogens is 180 g/mol. The van der Waals surface area contributed by atoms with Crippen molar-refractivity contribution in [3.05, 3.63) is 11.6 Å². The van der Waals surface area contributed by atoms with E-state index >= 15 is 0 Å². The maximum absolute atomic E-state index is 2.66. The third-order valence-electron chi connectivity index (χ3n) is 7.11. The standard InChI is InChI=1S/C15H22/c1-9-7-12-14(4)6-5-11-13(2,3)10(9)8-15(11,12)14/h7,10-12H,5-6,8H2,1-4H3/t10?,11-,12?,14+,15+/m0/s1. The summed E-state index contributed by atoms with van der Waals surface area (Å²) in [6, 6.07) is 0. The van der Waals surface area contributed by atoms with Crippen molar-refractivity contribution in [3.63, 3.8) is 0 Å². The lowest BCUT2D eigenvalue weighted by atomic mass is 9.72. The summed E-state index contributed by atoms with van der Waals surface area (Å²) in [5.74, 6) is 2.89. The summed E-state index contributed by atoms with van der Waals surface area (Å²) in [6.45, 7) is 10.1. The molecule has 2 unspecified atom stereocenters. The lowest BCUT2D eigenvalue weighted by Gasteiger charge is -2.32. The summed E-state index contributed by atoms with van der Waals surface area (Å²) in [5.41, 5.74) is 3.78. The largest absolute Gasteiger partial charge is 0.0810 e. The van der Waals surface area contributed by atoms with Crippen LogP contribution in [-0.2, 0) is 0 Å². The van der Waals surface area contributed by atoms with E-state index in [1.165, 1.54) is 19.3 Å². The third-order valence-corrected chi connectivity index (χ3v) is 7.11. The number of rotatable bonds is 0. The summed E-state index contributed by atoms with van der Waals surface area (Å²) >= 11 is 0. The number of allylic oxidation sites excluding steroid dienone is 2. The van der Waals surface area contributed by atoms with Crippen LogP contribution in [0.15, 0.2) is 11.6 Å². The fourth-order valence-corrected chi connectivity index (χ4v) is 6.38. The quantitative estimate of drug-likeness (QED) is 0.520. The molecule has 0 aromatic heterocycles. The van der Waals surface area contributed by atoms with Crippen molar-refractivity contribution in [1.29, 1.82) is 0 Å². The Kier molecular flexibility index (Phi) is 1.15. The van der Waals surface area contributed by atoms with Gasteiger partial charge in [-0.15, -0.1) is 0 Å². The fourth-order valence-electron chi connectivity index (χ4n) is 6.38. The van der Waals surface area contributed by atoms with Gasteiger partial charge in [0.25, 0.3) is 0 Å². The molecule has 5 atom stereocenters. The van der Waals surface area contributed by atoms with E-state index < -0.39 is 0 Å². The van der Waals surface area contributed by atoms with Crippen LogP contribution in [0.4, 0.5) is 0 Å². The zero-order valence-electron chi connectivity index (χ0n) is 10.4. The van der Waals surface area contributed by atoms with Gasteiger partial charge >= 0.3 is 0 Å². The van der Waals surface area contributed by atoms with Crippen molar-refractivity contribution in [2.45, 2.75) is 47.0 Å². The predicted molar refractivity (Wildman–Crippen MR) is 62.4 cm³/mol. The van der Waals surface area contributed by atoms with Crippen molar-refractivity contribution >= 4 is 0 Å². The average Bonchev–Trinajstić information content (AvgIpc) is 2.47. The molecule has 82 valence electrons. The van der Waals surface area contributed by atoms with E-state index in [4.69, 9.17) is 0 Å². The van der Waals surface area contributed by atoms with Gasteiger partial charge in [-0.25, -0.2) is 0 Å². The molecule has 0 N–H and O–H groups in total. The minimum Gasteiger partial charge on any atom is -0.0810 e. The molecule has 0 nitrogen and oxygen atoms in total. The SMILES string of the molecule is CC1=CC2[C@@]34CC1C(C)(C)[C@@H]3CC[C@]24C. The topological polar surface area (TPSA) is 0 Å². The van der Waals surface area contributed by atoms with Gasteiger partial charge in [0.05, 0.1) is 0 Å². The number of hydrogen-bond acceptors (Lipinski definition) is 0. The molecule has 4 aliphatic carbocycles. The highest BCUT2D eigenvalue weighted by Crippen LogP contribution is 2.90. The lowest BCUT2D eigenvalue weighted by Crippen LogP contribution is -2.25. The first-order valence-electron chi connectivity index (χ1n) is 6.63. The smallest absolute Gasteiger partial charge is 0.0106 e. The molecule has 3 saturated carbocycles. The maximum Gasteiger partial charge on any atom is -0.0106 e. The molecule has 0 aliphatic heterocycles. The van der Waals surface area contributed by atoms with E-state index in [2.05, 4.69) is 33.8 Å². The van der Waals surface area contributed by atoms with Gasteiger partial charge in [-0.05, 0) is 60.2 Å². The molecule has 0 heterocycles. The van der Waals surface area contributed by atoms with Crippen molar-refractivity contribution in [1.82, 2.24) is 0 Å². The van der Waals surface area contributed by atoms with Crippen LogP contribution in [0.2, 0.25) is 0 Å². The second-order valence-electron chi connectivity index (χ2n) is 7.52. The van der Waals surface area contributed by atoms with E-state index in [1.54, 1.807) is 5.57 Å². The van der Waals surface area contributed by atoms with Crippen LogP contribution in [0, 0.1) is 34.0 Å². The molecule has 0 amide bonds. The Hall–Kier alpha value is -0.260. The van der Waals surface area contributed by atoms with Gasteiger partial charge < -0.3 is 0 Å². The van der Waals surface area contributed by atoms with Crippen molar-refractivity contribution < 1.29 is 0 Å². The Morgan fingerprint density at radius 2 is 2.00 bits per heavy atom. The molecule has 1 spiro atoms. The van der Waals surface area contributed by atoms with Gasteiger partial charge in [-0.3, -0.25) is 0 Å². The first-order chi connectivity index (χ1) is 6.94. The highest BCUT2D eigenvalue weighted by atomic mass is 14.9. The molecule has 15 heavy (non-hydrogen) atoms. The fraction of sp³-hybridized carbons (Fsp3) is 0.867. The minimum absolute atomic E-state index is 0.587. The van der Waals surface area contributed by atoms with Gasteiger partial charge in [0.15, 0.2) is 0 Å². The van der Waals surface area contributed by atoms with E-state index in [9.17, 15) is 0 Å². The van der Waals surface area contributed by atoms with Crippen molar-refractivity contribution in [2.75, 3.05) is 0 Å². The Morgan fingerprint density at radius 1 is 1.27 bits per heavy atom. The molecule has 0 heteroatoms. The Labute approximate surface area is 93.1 Å². The zero-order valence-corrected chi connectivity index (χ0v) is 10.4. The van der Waals surface area contributed by atoms with Gasteiger partial charge in [0, 0.05) is 0 Å². The molecule has 4 aliphatic rings. The molecule has 0 saturated heterocycles. The predicted octanol–water partition coefficient (Wildman–Crippen LogP) is 4.02. The summed E-state index contributed by atoms with van der Waals surface area (Å²) in [5, 5.41) is 0. The third kappa shape index (κ3) is 0.610. The summed E-state index contributed by atoms with van der Waals surface area (Å²) < 4.78 is 0. The summed E-state index contributed by atoms with van der Waals surface area (Å²) in [7, 11) is 0. The molecule has 4 rings (SSSR count). The van der Waals surface area contributed by atoms with E-state index in [-0.39, 0.29) is 0 Å². The van der Waals surface area contributed by atoms with Crippen molar-refractivity contribution in [3.8, 4) is 0 Å². The van der Waals surface area contributed by atoms with Gasteiger partial charge in [-0.1, -0.05) is 32.4 Å². The number of hydrogen-bond donors (Lipinski definition) is 0. The minimum atomic E-state index is 0.587. The van der Waals surface area contributed by atoms with Crippen LogP contribution < -0.4 is 0 Å². The molecule has 3 fully saturated rings. The number of fused-ring (bicyclic) bond motifs is 2. The highest BCUT2D eigenvalue weighted by molar-refractivity contribution is 5.41. The second-order valence-corrected chi connectivity index (χ2v) is 7.52.